The Hall–Kier alpha value is -2.93. The molecule has 1 fully saturated rings. The van der Waals surface area contributed by atoms with Gasteiger partial charge in [-0.3, -0.25) is 4.79 Å². The molecule has 0 saturated heterocycles. The first kappa shape index (κ1) is 21.8. The number of halogens is 1. The smallest absolute Gasteiger partial charge is 0.319 e. The van der Waals surface area contributed by atoms with Crippen LogP contribution >= 0.6 is 11.6 Å². The van der Waals surface area contributed by atoms with Crippen molar-refractivity contribution in [2.45, 2.75) is 31.8 Å². The van der Waals surface area contributed by atoms with Gasteiger partial charge in [0.25, 0.3) is 0 Å². The van der Waals surface area contributed by atoms with Gasteiger partial charge in [0.1, 0.15) is 18.4 Å². The molecule has 7 nitrogen and oxygen atoms in total. The lowest BCUT2D eigenvalue weighted by Crippen LogP contribution is -2.40. The van der Waals surface area contributed by atoms with E-state index in [0.29, 0.717) is 35.7 Å². The summed E-state index contributed by atoms with van der Waals surface area (Å²) in [5.41, 5.74) is 1.50. The SMILES string of the molecule is C[C@@H](Nc1ccc(NC(=O)NC2CC2)cc1)C(=O)N(C)CCOc1ccc(Cl)cc1. The van der Waals surface area contributed by atoms with Crippen molar-refractivity contribution in [3.63, 3.8) is 0 Å². The Bertz CT molecular complexity index is 854. The summed E-state index contributed by atoms with van der Waals surface area (Å²) in [6, 6.07) is 14.1. The van der Waals surface area contributed by atoms with Crippen LogP contribution in [-0.2, 0) is 4.79 Å². The maximum absolute atomic E-state index is 12.6. The fourth-order valence-electron chi connectivity index (χ4n) is 2.81. The topological polar surface area (TPSA) is 82.7 Å². The van der Waals surface area contributed by atoms with Crippen LogP contribution in [-0.4, -0.2) is 49.1 Å². The van der Waals surface area contributed by atoms with Crippen LogP contribution in [0, 0.1) is 0 Å². The summed E-state index contributed by atoms with van der Waals surface area (Å²) in [5.74, 6) is 0.673. The number of hydrogen-bond acceptors (Lipinski definition) is 4. The molecule has 2 aromatic rings. The summed E-state index contributed by atoms with van der Waals surface area (Å²) in [7, 11) is 1.75. The van der Waals surface area contributed by atoms with Gasteiger partial charge >= 0.3 is 6.03 Å². The van der Waals surface area contributed by atoms with Crippen LogP contribution in [0.3, 0.4) is 0 Å². The van der Waals surface area contributed by atoms with Crippen molar-refractivity contribution in [1.29, 1.82) is 0 Å². The predicted molar refractivity (Wildman–Crippen MR) is 119 cm³/mol. The van der Waals surface area contributed by atoms with Crippen molar-refractivity contribution in [3.8, 4) is 5.75 Å². The van der Waals surface area contributed by atoms with Gasteiger partial charge in [-0.2, -0.15) is 0 Å². The Morgan fingerprint density at radius 3 is 2.37 bits per heavy atom. The second-order valence-corrected chi connectivity index (χ2v) is 7.81. The van der Waals surface area contributed by atoms with E-state index in [0.717, 1.165) is 18.5 Å². The van der Waals surface area contributed by atoms with Crippen molar-refractivity contribution < 1.29 is 14.3 Å². The fourth-order valence-corrected chi connectivity index (χ4v) is 2.94. The number of hydrogen-bond donors (Lipinski definition) is 3. The Kier molecular flexibility index (Phi) is 7.41. The van der Waals surface area contributed by atoms with E-state index in [1.807, 2.05) is 19.1 Å². The highest BCUT2D eigenvalue weighted by Gasteiger charge is 2.23. The third kappa shape index (κ3) is 6.84. The van der Waals surface area contributed by atoms with Crippen LogP contribution in [0.1, 0.15) is 19.8 Å². The molecule has 0 aromatic heterocycles. The van der Waals surface area contributed by atoms with Gasteiger partial charge in [0.2, 0.25) is 5.91 Å². The van der Waals surface area contributed by atoms with Gasteiger partial charge < -0.3 is 25.6 Å². The third-order valence-corrected chi connectivity index (χ3v) is 4.95. The molecule has 1 saturated carbocycles. The summed E-state index contributed by atoms with van der Waals surface area (Å²) >= 11 is 5.85. The van der Waals surface area contributed by atoms with Gasteiger partial charge in [-0.25, -0.2) is 4.79 Å². The molecule has 0 unspecified atom stereocenters. The molecule has 0 bridgehead atoms. The van der Waals surface area contributed by atoms with E-state index in [4.69, 9.17) is 16.3 Å². The molecule has 160 valence electrons. The summed E-state index contributed by atoms with van der Waals surface area (Å²) in [4.78, 5) is 26.0. The van der Waals surface area contributed by atoms with E-state index in [-0.39, 0.29) is 11.9 Å². The molecule has 0 aliphatic heterocycles. The highest BCUT2D eigenvalue weighted by atomic mass is 35.5. The summed E-state index contributed by atoms with van der Waals surface area (Å²) in [6.45, 7) is 2.67. The Balaban J connectivity index is 1.41. The van der Waals surface area contributed by atoms with Crippen LogP contribution in [0.4, 0.5) is 16.2 Å². The highest BCUT2D eigenvalue weighted by Crippen LogP contribution is 2.19. The van der Waals surface area contributed by atoms with Crippen LogP contribution in [0.2, 0.25) is 5.02 Å². The first-order valence-electron chi connectivity index (χ1n) is 9.98. The Morgan fingerprint density at radius 1 is 1.10 bits per heavy atom. The van der Waals surface area contributed by atoms with E-state index in [2.05, 4.69) is 16.0 Å². The second-order valence-electron chi connectivity index (χ2n) is 7.38. The number of anilines is 2. The minimum absolute atomic E-state index is 0.0410. The van der Waals surface area contributed by atoms with Gasteiger partial charge in [0, 0.05) is 29.5 Å². The van der Waals surface area contributed by atoms with Crippen molar-refractivity contribution >= 4 is 34.9 Å². The summed E-state index contributed by atoms with van der Waals surface area (Å²) in [5, 5.41) is 9.51. The molecule has 0 spiro atoms. The number of nitrogens with one attached hydrogen (secondary N) is 3. The first-order valence-corrected chi connectivity index (χ1v) is 10.4. The number of carbonyl (C=O) groups excluding carboxylic acids is 2. The molecule has 3 N–H and O–H groups in total. The number of amides is 3. The second kappa shape index (κ2) is 10.2. The normalized spacial score (nSPS) is 13.8. The van der Waals surface area contributed by atoms with Gasteiger partial charge in [0.15, 0.2) is 0 Å². The number of ether oxygens (including phenoxy) is 1. The minimum atomic E-state index is -0.400. The van der Waals surface area contributed by atoms with Crippen molar-refractivity contribution in [2.75, 3.05) is 30.8 Å². The largest absolute Gasteiger partial charge is 0.492 e. The van der Waals surface area contributed by atoms with Crippen LogP contribution < -0.4 is 20.7 Å². The van der Waals surface area contributed by atoms with Crippen LogP contribution in [0.5, 0.6) is 5.75 Å². The fraction of sp³-hybridized carbons (Fsp3) is 0.364. The first-order chi connectivity index (χ1) is 14.4. The zero-order chi connectivity index (χ0) is 21.5. The third-order valence-electron chi connectivity index (χ3n) is 4.69. The Labute approximate surface area is 181 Å². The quantitative estimate of drug-likeness (QED) is 0.562. The number of nitrogens with zero attached hydrogens (tertiary/aromatic N) is 1. The summed E-state index contributed by atoms with van der Waals surface area (Å²) < 4.78 is 5.64. The van der Waals surface area contributed by atoms with Gasteiger partial charge in [-0.05, 0) is 68.3 Å². The van der Waals surface area contributed by atoms with E-state index in [1.54, 1.807) is 48.3 Å². The van der Waals surface area contributed by atoms with E-state index in [9.17, 15) is 9.59 Å². The van der Waals surface area contributed by atoms with Crippen molar-refractivity contribution in [2.24, 2.45) is 0 Å². The predicted octanol–water partition coefficient (Wildman–Crippen LogP) is 3.96. The number of urea groups is 1. The average molecular weight is 431 g/mol. The zero-order valence-electron chi connectivity index (χ0n) is 17.2. The number of rotatable bonds is 9. The minimum Gasteiger partial charge on any atom is -0.492 e. The Morgan fingerprint density at radius 2 is 1.73 bits per heavy atom. The molecule has 3 rings (SSSR count). The molecule has 30 heavy (non-hydrogen) atoms. The maximum Gasteiger partial charge on any atom is 0.319 e. The molecule has 2 aromatic carbocycles. The molecule has 0 heterocycles. The van der Waals surface area contributed by atoms with Gasteiger partial charge in [0.05, 0.1) is 6.54 Å². The molecule has 0 radical (unpaired) electrons. The van der Waals surface area contributed by atoms with Crippen molar-refractivity contribution in [3.05, 3.63) is 53.6 Å². The number of likely N-dealkylation sites (N-methyl/N-ethyl adjacent to an activating group) is 1. The number of carbonyl (C=O) groups is 2. The standard InChI is InChI=1S/C22H27ClN4O3/c1-15(21(28)27(2)13-14-30-20-11-3-16(23)4-12-20)24-17-5-7-18(8-6-17)25-22(29)26-19-9-10-19/h3-8,11-12,15,19,24H,9-10,13-14H2,1-2H3,(H2,25,26,29)/t15-/m1/s1. The lowest BCUT2D eigenvalue weighted by Gasteiger charge is -2.23. The lowest BCUT2D eigenvalue weighted by molar-refractivity contribution is -0.130. The molecule has 1 aliphatic carbocycles. The van der Waals surface area contributed by atoms with E-state index in [1.165, 1.54) is 0 Å². The van der Waals surface area contributed by atoms with E-state index < -0.39 is 6.04 Å². The molecule has 8 heteroatoms. The number of benzene rings is 2. The molecular weight excluding hydrogens is 404 g/mol. The molecule has 3 amide bonds. The summed E-state index contributed by atoms with van der Waals surface area (Å²) in [6.07, 6.45) is 2.09. The average Bonchev–Trinajstić information content (AvgIpc) is 3.54. The molecule has 1 aliphatic rings. The van der Waals surface area contributed by atoms with Gasteiger partial charge in [-0.15, -0.1) is 0 Å². The highest BCUT2D eigenvalue weighted by molar-refractivity contribution is 6.30. The molecular formula is C22H27ClN4O3. The van der Waals surface area contributed by atoms with E-state index >= 15 is 0 Å². The maximum atomic E-state index is 12.6. The monoisotopic (exact) mass is 430 g/mol. The zero-order valence-corrected chi connectivity index (χ0v) is 17.9. The van der Waals surface area contributed by atoms with Gasteiger partial charge in [-0.1, -0.05) is 11.6 Å². The van der Waals surface area contributed by atoms with Crippen LogP contribution in [0.15, 0.2) is 48.5 Å². The van der Waals surface area contributed by atoms with Crippen LogP contribution in [0.25, 0.3) is 0 Å². The lowest BCUT2D eigenvalue weighted by atomic mass is 10.2. The molecule has 1 atom stereocenters. The van der Waals surface area contributed by atoms with Crippen molar-refractivity contribution in [1.82, 2.24) is 10.2 Å².